The molecule has 0 unspecified atom stereocenters. The highest BCUT2D eigenvalue weighted by atomic mass is 32.4. The minimum atomic E-state index is -1.95. The Labute approximate surface area is 193 Å². The predicted molar refractivity (Wildman–Crippen MR) is 143 cm³/mol. The summed E-state index contributed by atoms with van der Waals surface area (Å²) in [7, 11) is 0. The molecule has 8 rings (SSSR count). The van der Waals surface area contributed by atoms with Gasteiger partial charge in [-0.05, 0) is 62.3 Å². The molecule has 4 aliphatic rings. The van der Waals surface area contributed by atoms with E-state index in [2.05, 4.69) is 72.8 Å². The Morgan fingerprint density at radius 3 is 1.47 bits per heavy atom. The second-order valence-electron chi connectivity index (χ2n) is 9.82. The summed E-state index contributed by atoms with van der Waals surface area (Å²) in [5, 5.41) is 8.72. The Balaban J connectivity index is 1.54. The van der Waals surface area contributed by atoms with Crippen molar-refractivity contribution in [1.82, 2.24) is 0 Å². The molecule has 0 saturated heterocycles. The molecular weight excluding hydrogens is 423 g/mol. The summed E-state index contributed by atoms with van der Waals surface area (Å²) in [5.74, 6) is 0. The summed E-state index contributed by atoms with van der Waals surface area (Å²) >= 11 is 7.04. The minimum absolute atomic E-state index is 0.637. The van der Waals surface area contributed by atoms with Crippen molar-refractivity contribution in [2.45, 2.75) is 37.8 Å². The lowest BCUT2D eigenvalue weighted by Gasteiger charge is -2.35. The third-order valence-corrected chi connectivity index (χ3v) is 14.1. The van der Waals surface area contributed by atoms with E-state index < -0.39 is 6.04 Å². The van der Waals surface area contributed by atoms with Gasteiger partial charge in [-0.3, -0.25) is 0 Å². The van der Waals surface area contributed by atoms with E-state index in [4.69, 9.17) is 11.8 Å². The second-order valence-corrected chi connectivity index (χ2v) is 14.5. The summed E-state index contributed by atoms with van der Waals surface area (Å²) in [6, 6.07) is 25.6. The van der Waals surface area contributed by atoms with Gasteiger partial charge in [0.25, 0.3) is 0 Å². The Morgan fingerprint density at radius 2 is 1.00 bits per heavy atom. The highest BCUT2D eigenvalue weighted by molar-refractivity contribution is 8.25. The zero-order valence-electron chi connectivity index (χ0n) is 17.9. The lowest BCUT2D eigenvalue weighted by atomic mass is 9.94. The van der Waals surface area contributed by atoms with Gasteiger partial charge in [0.2, 0.25) is 0 Å². The van der Waals surface area contributed by atoms with Crippen LogP contribution in [0.25, 0.3) is 43.3 Å². The molecule has 1 fully saturated rings. The number of fused-ring (bicyclic) bond motifs is 5. The largest absolute Gasteiger partial charge is 0.0872 e. The molecule has 1 heterocycles. The van der Waals surface area contributed by atoms with Gasteiger partial charge < -0.3 is 0 Å². The molecule has 0 nitrogen and oxygen atoms in total. The van der Waals surface area contributed by atoms with Crippen LogP contribution in [0, 0.1) is 0 Å². The van der Waals surface area contributed by atoms with Crippen LogP contribution in [0.15, 0.2) is 72.8 Å². The molecule has 1 saturated carbocycles. The number of rotatable bonds is 1. The van der Waals surface area contributed by atoms with E-state index in [1.54, 1.807) is 10.6 Å². The molecule has 0 radical (unpaired) electrons. The fourth-order valence-corrected chi connectivity index (χ4v) is 13.2. The van der Waals surface area contributed by atoms with Crippen LogP contribution in [-0.4, -0.2) is 5.66 Å². The van der Waals surface area contributed by atoms with Crippen molar-refractivity contribution < 1.29 is 0 Å². The zero-order valence-corrected chi connectivity index (χ0v) is 19.6. The molecule has 32 heavy (non-hydrogen) atoms. The first-order valence-corrected chi connectivity index (χ1v) is 14.8. The van der Waals surface area contributed by atoms with Crippen molar-refractivity contribution >= 4 is 61.2 Å². The van der Waals surface area contributed by atoms with Crippen LogP contribution in [0.2, 0.25) is 0 Å². The number of allylic oxidation sites excluding steroid dienone is 2. The van der Waals surface area contributed by atoms with E-state index in [0.29, 0.717) is 5.66 Å². The SMILES string of the molecule is S=P1(C2CCCCC2)C2=C(C3=C1c1cccc4cccc3c14)c1cccc3cccc2c13. The van der Waals surface area contributed by atoms with Gasteiger partial charge in [-0.1, -0.05) is 104 Å². The first-order valence-electron chi connectivity index (χ1n) is 11.9. The highest BCUT2D eigenvalue weighted by Crippen LogP contribution is 2.84. The lowest BCUT2D eigenvalue weighted by molar-refractivity contribution is 0.513. The van der Waals surface area contributed by atoms with E-state index in [1.165, 1.54) is 87.0 Å². The Hall–Kier alpha value is -2.47. The third-order valence-electron chi connectivity index (χ3n) is 8.34. The number of hydrogen-bond acceptors (Lipinski definition) is 1. The van der Waals surface area contributed by atoms with Crippen LogP contribution < -0.4 is 0 Å². The molecule has 4 aromatic rings. The molecule has 0 N–H and O–H groups in total. The predicted octanol–water partition coefficient (Wildman–Crippen LogP) is 8.88. The normalized spacial score (nSPS) is 20.5. The first kappa shape index (κ1) is 18.0. The quantitative estimate of drug-likeness (QED) is 0.263. The van der Waals surface area contributed by atoms with Crippen LogP contribution in [-0.2, 0) is 11.8 Å². The van der Waals surface area contributed by atoms with Crippen molar-refractivity contribution in [3.05, 3.63) is 95.1 Å². The molecule has 0 bridgehead atoms. The minimum Gasteiger partial charge on any atom is -0.0872 e. The molecule has 0 spiro atoms. The molecule has 2 heteroatoms. The van der Waals surface area contributed by atoms with E-state index in [-0.39, 0.29) is 0 Å². The summed E-state index contributed by atoms with van der Waals surface area (Å²) in [6.07, 6.45) is 6.63. The van der Waals surface area contributed by atoms with E-state index in [1.807, 2.05) is 0 Å². The summed E-state index contributed by atoms with van der Waals surface area (Å²) in [5.41, 5.74) is 9.36. The second kappa shape index (κ2) is 6.10. The van der Waals surface area contributed by atoms with Crippen molar-refractivity contribution in [2.24, 2.45) is 0 Å². The van der Waals surface area contributed by atoms with E-state index in [0.717, 1.165) is 0 Å². The van der Waals surface area contributed by atoms with Gasteiger partial charge in [0.05, 0.1) is 0 Å². The third kappa shape index (κ3) is 1.96. The van der Waals surface area contributed by atoms with Crippen molar-refractivity contribution in [1.29, 1.82) is 0 Å². The lowest BCUT2D eigenvalue weighted by Crippen LogP contribution is -2.13. The van der Waals surface area contributed by atoms with E-state index in [9.17, 15) is 0 Å². The van der Waals surface area contributed by atoms with Crippen molar-refractivity contribution in [3.8, 4) is 0 Å². The van der Waals surface area contributed by atoms with Gasteiger partial charge in [0.1, 0.15) is 0 Å². The van der Waals surface area contributed by atoms with Gasteiger partial charge >= 0.3 is 0 Å². The van der Waals surface area contributed by atoms with Crippen molar-refractivity contribution in [3.63, 3.8) is 0 Å². The van der Waals surface area contributed by atoms with Gasteiger partial charge in [0, 0.05) is 27.8 Å². The first-order chi connectivity index (χ1) is 15.8. The summed E-state index contributed by atoms with van der Waals surface area (Å²) in [4.78, 5) is 0. The summed E-state index contributed by atoms with van der Waals surface area (Å²) < 4.78 is 0. The van der Waals surface area contributed by atoms with Gasteiger partial charge in [0.15, 0.2) is 0 Å². The molecule has 1 aliphatic heterocycles. The maximum atomic E-state index is 7.04. The monoisotopic (exact) mass is 446 g/mol. The number of hydrogen-bond donors (Lipinski definition) is 0. The van der Waals surface area contributed by atoms with Crippen LogP contribution in [0.4, 0.5) is 0 Å². The van der Waals surface area contributed by atoms with Crippen LogP contribution >= 0.6 is 6.04 Å². The Bertz CT molecular complexity index is 1510. The topological polar surface area (TPSA) is 0 Å². The zero-order chi connectivity index (χ0) is 21.0. The molecule has 0 atom stereocenters. The average Bonchev–Trinajstić information content (AvgIpc) is 3.45. The molecule has 0 aromatic heterocycles. The summed E-state index contributed by atoms with van der Waals surface area (Å²) in [6.45, 7) is 0. The van der Waals surface area contributed by atoms with Crippen LogP contribution in [0.3, 0.4) is 0 Å². The highest BCUT2D eigenvalue weighted by Gasteiger charge is 2.51. The molecule has 154 valence electrons. The van der Waals surface area contributed by atoms with E-state index >= 15 is 0 Å². The Kier molecular flexibility index (Phi) is 3.43. The average molecular weight is 447 g/mol. The fraction of sp³-hybridized carbons (Fsp3) is 0.200. The molecular formula is C30H23PS. The van der Waals surface area contributed by atoms with Crippen molar-refractivity contribution in [2.75, 3.05) is 0 Å². The smallest absolute Gasteiger partial charge is 0.0160 e. The van der Waals surface area contributed by atoms with Gasteiger partial charge in [-0.25, -0.2) is 0 Å². The molecule has 4 aromatic carbocycles. The maximum Gasteiger partial charge on any atom is 0.0160 e. The molecule has 3 aliphatic carbocycles. The fourth-order valence-electron chi connectivity index (χ4n) is 7.14. The Morgan fingerprint density at radius 1 is 0.562 bits per heavy atom. The standard InChI is InChI=1S/C30H23PS/c32-31(20-12-2-1-3-13-20)29-23-16-6-10-18-8-4-14-21(25(18)23)27(29)28-22-15-5-9-19-11-7-17-24(26(19)22)30(28)31/h4-11,14-17,20H,1-3,12-13H2. The number of benzene rings is 4. The van der Waals surface area contributed by atoms with Crippen LogP contribution in [0.1, 0.15) is 54.4 Å². The van der Waals surface area contributed by atoms with Gasteiger partial charge in [-0.2, -0.15) is 0 Å². The maximum absolute atomic E-state index is 7.04. The van der Waals surface area contributed by atoms with Gasteiger partial charge in [-0.15, -0.1) is 0 Å². The molecule has 0 amide bonds. The van der Waals surface area contributed by atoms with Crippen LogP contribution in [0.5, 0.6) is 0 Å².